The molecule has 1 amide bonds. The molecule has 6 nitrogen and oxygen atoms in total. The van der Waals surface area contributed by atoms with Crippen LogP contribution in [0.3, 0.4) is 0 Å². The number of carbonyl (C=O) groups is 1. The number of benzene rings is 1. The molecule has 0 aliphatic heterocycles. The van der Waals surface area contributed by atoms with Gasteiger partial charge in [0.1, 0.15) is 11.6 Å². The number of methoxy groups -OCH3 is 1. The van der Waals surface area contributed by atoms with Gasteiger partial charge >= 0.3 is 0 Å². The van der Waals surface area contributed by atoms with Crippen LogP contribution in [0.1, 0.15) is 17.5 Å². The largest absolute Gasteiger partial charge is 0.377 e. The minimum atomic E-state index is -0.158. The first-order valence-corrected chi connectivity index (χ1v) is 7.47. The van der Waals surface area contributed by atoms with Gasteiger partial charge < -0.3 is 10.1 Å². The predicted octanol–water partition coefficient (Wildman–Crippen LogP) is 2.30. The topological polar surface area (TPSA) is 76.1 Å². The molecule has 1 heterocycles. The Kier molecular flexibility index (Phi) is 5.65. The van der Waals surface area contributed by atoms with Crippen LogP contribution in [-0.4, -0.2) is 29.8 Å². The number of anilines is 2. The van der Waals surface area contributed by atoms with Gasteiger partial charge in [0.2, 0.25) is 11.0 Å². The molecule has 0 radical (unpaired) electrons. The monoisotopic (exact) mass is 306 g/mol. The third-order valence-electron chi connectivity index (χ3n) is 2.80. The van der Waals surface area contributed by atoms with Gasteiger partial charge in [-0.3, -0.25) is 10.1 Å². The first-order valence-electron chi connectivity index (χ1n) is 6.65. The van der Waals surface area contributed by atoms with Crippen LogP contribution in [0.5, 0.6) is 0 Å². The Morgan fingerprint density at radius 2 is 2.05 bits per heavy atom. The summed E-state index contributed by atoms with van der Waals surface area (Å²) in [7, 11) is 1.59. The van der Waals surface area contributed by atoms with E-state index in [1.807, 2.05) is 24.3 Å². The fraction of sp³-hybridized carbons (Fsp3) is 0.357. The third-order valence-corrected chi connectivity index (χ3v) is 3.61. The van der Waals surface area contributed by atoms with Crippen LogP contribution in [0.15, 0.2) is 24.3 Å². The van der Waals surface area contributed by atoms with Gasteiger partial charge in [0, 0.05) is 12.8 Å². The molecule has 0 fully saturated rings. The quantitative estimate of drug-likeness (QED) is 0.821. The number of hydrogen-bond donors (Lipinski definition) is 2. The third kappa shape index (κ3) is 4.80. The Morgan fingerprint density at radius 1 is 1.29 bits per heavy atom. The Bertz CT molecular complexity index is 583. The predicted molar refractivity (Wildman–Crippen MR) is 83.6 cm³/mol. The lowest BCUT2D eigenvalue weighted by atomic mass is 10.1. The molecule has 112 valence electrons. The number of aromatic nitrogens is 2. The molecule has 21 heavy (non-hydrogen) atoms. The molecule has 0 atom stereocenters. The van der Waals surface area contributed by atoms with Gasteiger partial charge in [-0.2, -0.15) is 0 Å². The van der Waals surface area contributed by atoms with Crippen molar-refractivity contribution < 1.29 is 9.53 Å². The number of amides is 1. The highest BCUT2D eigenvalue weighted by atomic mass is 32.1. The number of hydrogen-bond acceptors (Lipinski definition) is 6. The summed E-state index contributed by atoms with van der Waals surface area (Å²) in [4.78, 5) is 11.8. The maximum absolute atomic E-state index is 11.8. The molecule has 1 aromatic heterocycles. The van der Waals surface area contributed by atoms with Crippen molar-refractivity contribution in [1.82, 2.24) is 10.2 Å². The number of carbonyl (C=O) groups excluding carboxylic acids is 1. The van der Waals surface area contributed by atoms with E-state index in [1.165, 1.54) is 16.9 Å². The normalized spacial score (nSPS) is 10.4. The zero-order valence-electron chi connectivity index (χ0n) is 12.0. The number of ether oxygens (including phenoxy) is 1. The van der Waals surface area contributed by atoms with Gasteiger partial charge in [-0.1, -0.05) is 30.4 Å². The van der Waals surface area contributed by atoms with Crippen LogP contribution in [0.2, 0.25) is 0 Å². The van der Waals surface area contributed by atoms with E-state index in [1.54, 1.807) is 7.11 Å². The van der Waals surface area contributed by atoms with Crippen molar-refractivity contribution in [1.29, 1.82) is 0 Å². The van der Waals surface area contributed by atoms with Crippen molar-refractivity contribution in [2.45, 2.75) is 20.0 Å². The molecular weight excluding hydrogens is 288 g/mol. The lowest BCUT2D eigenvalue weighted by Gasteiger charge is -2.06. The average molecular weight is 306 g/mol. The lowest BCUT2D eigenvalue weighted by Crippen LogP contribution is -2.21. The summed E-state index contributed by atoms with van der Waals surface area (Å²) in [5.74, 6) is -0.158. The highest BCUT2D eigenvalue weighted by molar-refractivity contribution is 7.15. The molecular formula is C14H18N4O2S. The second kappa shape index (κ2) is 7.70. The molecule has 2 N–H and O–H groups in total. The van der Waals surface area contributed by atoms with Crippen LogP contribution >= 0.6 is 11.3 Å². The molecule has 0 saturated heterocycles. The standard InChI is InChI=1S/C14H18N4O2S/c1-3-10-4-6-11(7-5-10)15-8-12(19)16-14-18-17-13(21-14)9-20-2/h4-7,15H,3,8-9H2,1-2H3,(H,16,18,19). The van der Waals surface area contributed by atoms with E-state index >= 15 is 0 Å². The van der Waals surface area contributed by atoms with Crippen molar-refractivity contribution in [2.24, 2.45) is 0 Å². The molecule has 0 aliphatic rings. The number of aryl methyl sites for hydroxylation is 1. The molecule has 1 aromatic carbocycles. The van der Waals surface area contributed by atoms with Gasteiger partial charge in [0.05, 0.1) is 6.54 Å². The van der Waals surface area contributed by atoms with Gasteiger partial charge in [0.25, 0.3) is 0 Å². The van der Waals surface area contributed by atoms with Crippen LogP contribution in [0.25, 0.3) is 0 Å². The molecule has 0 saturated carbocycles. The molecule has 0 aliphatic carbocycles. The summed E-state index contributed by atoms with van der Waals surface area (Å²) in [6.45, 7) is 2.69. The Balaban J connectivity index is 1.80. The summed E-state index contributed by atoms with van der Waals surface area (Å²) in [5.41, 5.74) is 2.18. The number of rotatable bonds is 7. The summed E-state index contributed by atoms with van der Waals surface area (Å²) in [6, 6.07) is 8.02. The van der Waals surface area contributed by atoms with E-state index in [0.717, 1.165) is 17.1 Å². The Hall–Kier alpha value is -1.99. The van der Waals surface area contributed by atoms with Crippen molar-refractivity contribution in [3.05, 3.63) is 34.8 Å². The van der Waals surface area contributed by atoms with Crippen molar-refractivity contribution >= 4 is 28.1 Å². The van der Waals surface area contributed by atoms with Gasteiger partial charge in [-0.15, -0.1) is 10.2 Å². The smallest absolute Gasteiger partial charge is 0.245 e. The molecule has 2 aromatic rings. The molecule has 0 bridgehead atoms. The fourth-order valence-electron chi connectivity index (χ4n) is 1.69. The summed E-state index contributed by atoms with van der Waals surface area (Å²) < 4.78 is 4.95. The molecule has 7 heteroatoms. The van der Waals surface area contributed by atoms with Gasteiger partial charge in [-0.25, -0.2) is 0 Å². The highest BCUT2D eigenvalue weighted by Crippen LogP contribution is 2.15. The van der Waals surface area contributed by atoms with Gasteiger partial charge in [-0.05, 0) is 24.1 Å². The first-order chi connectivity index (χ1) is 10.2. The highest BCUT2D eigenvalue weighted by Gasteiger charge is 2.07. The zero-order valence-corrected chi connectivity index (χ0v) is 12.9. The summed E-state index contributed by atoms with van der Waals surface area (Å²) in [5, 5.41) is 14.8. The average Bonchev–Trinajstić information content (AvgIpc) is 2.93. The van der Waals surface area contributed by atoms with Crippen LogP contribution in [0.4, 0.5) is 10.8 Å². The number of nitrogens with one attached hydrogen (secondary N) is 2. The van der Waals surface area contributed by atoms with E-state index in [2.05, 4.69) is 27.8 Å². The number of nitrogens with zero attached hydrogens (tertiary/aromatic N) is 2. The maximum Gasteiger partial charge on any atom is 0.245 e. The zero-order chi connectivity index (χ0) is 15.1. The minimum absolute atomic E-state index is 0.158. The van der Waals surface area contributed by atoms with Gasteiger partial charge in [0.15, 0.2) is 0 Å². The van der Waals surface area contributed by atoms with Crippen LogP contribution in [0, 0.1) is 0 Å². The van der Waals surface area contributed by atoms with E-state index in [0.29, 0.717) is 11.7 Å². The van der Waals surface area contributed by atoms with Crippen molar-refractivity contribution in [2.75, 3.05) is 24.3 Å². The molecule has 2 rings (SSSR count). The lowest BCUT2D eigenvalue weighted by molar-refractivity contribution is -0.114. The summed E-state index contributed by atoms with van der Waals surface area (Å²) >= 11 is 1.31. The second-order valence-corrected chi connectivity index (χ2v) is 5.45. The van der Waals surface area contributed by atoms with E-state index in [-0.39, 0.29) is 12.5 Å². The molecule has 0 unspecified atom stereocenters. The Morgan fingerprint density at radius 3 is 2.71 bits per heavy atom. The SMILES string of the molecule is CCc1ccc(NCC(=O)Nc2nnc(COC)s2)cc1. The fourth-order valence-corrected chi connectivity index (χ4v) is 2.42. The first kappa shape index (κ1) is 15.4. The van der Waals surface area contributed by atoms with Crippen molar-refractivity contribution in [3.8, 4) is 0 Å². The van der Waals surface area contributed by atoms with Crippen LogP contribution < -0.4 is 10.6 Å². The van der Waals surface area contributed by atoms with Crippen molar-refractivity contribution in [3.63, 3.8) is 0 Å². The molecule has 0 spiro atoms. The maximum atomic E-state index is 11.8. The van der Waals surface area contributed by atoms with E-state index in [4.69, 9.17) is 4.74 Å². The van der Waals surface area contributed by atoms with E-state index < -0.39 is 0 Å². The summed E-state index contributed by atoms with van der Waals surface area (Å²) in [6.07, 6.45) is 1.00. The minimum Gasteiger partial charge on any atom is -0.377 e. The second-order valence-electron chi connectivity index (χ2n) is 4.39. The van der Waals surface area contributed by atoms with E-state index in [9.17, 15) is 4.79 Å². The van der Waals surface area contributed by atoms with Crippen LogP contribution in [-0.2, 0) is 22.6 Å². The Labute approximate surface area is 127 Å².